The highest BCUT2D eigenvalue weighted by Gasteiger charge is 2.31. The minimum Gasteiger partial charge on any atom is -0.368 e. The number of rotatable bonds is 5. The molecule has 0 spiro atoms. The van der Waals surface area contributed by atoms with Crippen LogP contribution in [-0.4, -0.2) is 34.5 Å². The Labute approximate surface area is 146 Å². The molecule has 0 saturated carbocycles. The van der Waals surface area contributed by atoms with E-state index in [2.05, 4.69) is 10.5 Å². The molecule has 0 radical (unpaired) electrons. The molecule has 3 N–H and O–H groups in total. The molecule has 1 aromatic carbocycles. The Morgan fingerprint density at radius 1 is 1.36 bits per heavy atom. The smallest absolute Gasteiger partial charge is 0.240 e. The first-order valence-electron chi connectivity index (χ1n) is 8.30. The third-order valence-corrected chi connectivity index (χ3v) is 4.40. The van der Waals surface area contributed by atoms with Gasteiger partial charge in [-0.05, 0) is 23.5 Å². The third kappa shape index (κ3) is 3.88. The van der Waals surface area contributed by atoms with Gasteiger partial charge in [-0.15, -0.1) is 0 Å². The first-order chi connectivity index (χ1) is 11.9. The number of anilines is 1. The van der Waals surface area contributed by atoms with Crippen LogP contribution >= 0.6 is 0 Å². The number of nitrogens with two attached hydrogens (primary N) is 1. The summed E-state index contributed by atoms with van der Waals surface area (Å²) in [6, 6.07) is 9.09. The first kappa shape index (κ1) is 17.2. The lowest BCUT2D eigenvalue weighted by Gasteiger charge is -2.34. The number of carbonyl (C=O) groups is 2. The van der Waals surface area contributed by atoms with Crippen molar-refractivity contribution in [3.8, 4) is 0 Å². The highest BCUT2D eigenvalue weighted by Crippen LogP contribution is 2.23. The predicted molar refractivity (Wildman–Crippen MR) is 92.8 cm³/mol. The highest BCUT2D eigenvalue weighted by atomic mass is 16.5. The largest absolute Gasteiger partial charge is 0.368 e. The van der Waals surface area contributed by atoms with Crippen LogP contribution in [0, 0.1) is 0 Å². The van der Waals surface area contributed by atoms with E-state index in [9.17, 15) is 9.59 Å². The Bertz CT molecular complexity index is 784. The molecule has 0 unspecified atom stereocenters. The van der Waals surface area contributed by atoms with Gasteiger partial charge >= 0.3 is 0 Å². The fourth-order valence-electron chi connectivity index (χ4n) is 3.01. The van der Waals surface area contributed by atoms with Crippen LogP contribution < -0.4 is 11.1 Å². The molecule has 132 valence electrons. The molecule has 0 fully saturated rings. The van der Waals surface area contributed by atoms with Crippen LogP contribution in [0.15, 0.2) is 34.9 Å². The van der Waals surface area contributed by atoms with Crippen molar-refractivity contribution >= 4 is 17.7 Å². The van der Waals surface area contributed by atoms with Crippen LogP contribution in [0.5, 0.6) is 0 Å². The SMILES string of the molecule is CC(C)c1cc(NC(=O)CN2Cc3ccccc3C[C@H]2C(N)=O)on1. The van der Waals surface area contributed by atoms with Crippen molar-refractivity contribution in [2.75, 3.05) is 11.9 Å². The molecule has 3 rings (SSSR count). The van der Waals surface area contributed by atoms with Crippen LogP contribution in [0.1, 0.15) is 36.6 Å². The Kier molecular flexibility index (Phi) is 4.85. The van der Waals surface area contributed by atoms with Gasteiger partial charge in [0.1, 0.15) is 0 Å². The number of nitrogens with zero attached hydrogens (tertiary/aromatic N) is 2. The standard InChI is InChI=1S/C18H22N4O3/c1-11(2)14-8-17(25-21-14)20-16(23)10-22-9-13-6-4-3-5-12(13)7-15(22)18(19)24/h3-6,8,11,15H,7,9-10H2,1-2H3,(H2,19,24)(H,20,23)/t15-/m0/s1. The van der Waals surface area contributed by atoms with Gasteiger partial charge in [-0.25, -0.2) is 0 Å². The van der Waals surface area contributed by atoms with Gasteiger partial charge in [-0.1, -0.05) is 43.3 Å². The maximum atomic E-state index is 12.3. The average Bonchev–Trinajstić information content (AvgIpc) is 3.02. The number of primary amides is 1. The second-order valence-corrected chi connectivity index (χ2v) is 6.61. The van der Waals surface area contributed by atoms with Crippen molar-refractivity contribution in [2.24, 2.45) is 5.73 Å². The molecule has 0 bridgehead atoms. The molecule has 1 aromatic heterocycles. The number of nitrogens with one attached hydrogen (secondary N) is 1. The minimum atomic E-state index is -0.499. The maximum absolute atomic E-state index is 12.3. The van der Waals surface area contributed by atoms with Gasteiger partial charge in [-0.2, -0.15) is 0 Å². The number of aromatic nitrogens is 1. The van der Waals surface area contributed by atoms with E-state index in [1.165, 1.54) is 0 Å². The van der Waals surface area contributed by atoms with E-state index in [1.54, 1.807) is 11.0 Å². The maximum Gasteiger partial charge on any atom is 0.240 e. The van der Waals surface area contributed by atoms with E-state index in [0.717, 1.165) is 16.8 Å². The van der Waals surface area contributed by atoms with E-state index in [-0.39, 0.29) is 18.4 Å². The fraction of sp³-hybridized carbons (Fsp3) is 0.389. The third-order valence-electron chi connectivity index (χ3n) is 4.40. The van der Waals surface area contributed by atoms with E-state index in [1.807, 2.05) is 38.1 Å². The zero-order chi connectivity index (χ0) is 18.0. The van der Waals surface area contributed by atoms with Crippen LogP contribution in [0.3, 0.4) is 0 Å². The van der Waals surface area contributed by atoms with Gasteiger partial charge in [0.15, 0.2) is 0 Å². The summed E-state index contributed by atoms with van der Waals surface area (Å²) in [4.78, 5) is 26.0. The van der Waals surface area contributed by atoms with Crippen LogP contribution in [-0.2, 0) is 22.6 Å². The van der Waals surface area contributed by atoms with Gasteiger partial charge in [0.2, 0.25) is 17.7 Å². The molecular weight excluding hydrogens is 320 g/mol. The summed E-state index contributed by atoms with van der Waals surface area (Å²) >= 11 is 0. The van der Waals surface area contributed by atoms with Gasteiger partial charge in [-0.3, -0.25) is 19.8 Å². The number of benzene rings is 1. The summed E-state index contributed by atoms with van der Waals surface area (Å²) in [5, 5.41) is 6.60. The summed E-state index contributed by atoms with van der Waals surface area (Å²) in [6.07, 6.45) is 0.512. The lowest BCUT2D eigenvalue weighted by Crippen LogP contribution is -2.50. The molecule has 2 amide bonds. The van der Waals surface area contributed by atoms with Crippen molar-refractivity contribution in [3.63, 3.8) is 0 Å². The van der Waals surface area contributed by atoms with E-state index in [0.29, 0.717) is 18.8 Å². The lowest BCUT2D eigenvalue weighted by atomic mass is 9.93. The van der Waals surface area contributed by atoms with Crippen LogP contribution in [0.4, 0.5) is 5.88 Å². The first-order valence-corrected chi connectivity index (χ1v) is 8.30. The van der Waals surface area contributed by atoms with Gasteiger partial charge in [0.05, 0.1) is 18.3 Å². The van der Waals surface area contributed by atoms with Crippen LogP contribution in [0.25, 0.3) is 0 Å². The fourth-order valence-corrected chi connectivity index (χ4v) is 3.01. The quantitative estimate of drug-likeness (QED) is 0.860. The molecule has 0 saturated heterocycles. The number of carbonyl (C=O) groups excluding carboxylic acids is 2. The van der Waals surface area contributed by atoms with Crippen molar-refractivity contribution in [1.82, 2.24) is 10.1 Å². The summed E-state index contributed by atoms with van der Waals surface area (Å²) in [5.41, 5.74) is 8.52. The van der Waals surface area contributed by atoms with E-state index < -0.39 is 11.9 Å². The van der Waals surface area contributed by atoms with Crippen LogP contribution in [0.2, 0.25) is 0 Å². The van der Waals surface area contributed by atoms with Gasteiger partial charge in [0.25, 0.3) is 0 Å². The zero-order valence-electron chi connectivity index (χ0n) is 14.4. The van der Waals surface area contributed by atoms with Crippen molar-refractivity contribution in [3.05, 3.63) is 47.2 Å². The average molecular weight is 342 g/mol. The van der Waals surface area contributed by atoms with Crippen molar-refractivity contribution in [1.29, 1.82) is 0 Å². The highest BCUT2D eigenvalue weighted by molar-refractivity contribution is 5.91. The summed E-state index contributed by atoms with van der Waals surface area (Å²) in [7, 11) is 0. The van der Waals surface area contributed by atoms with E-state index >= 15 is 0 Å². The molecule has 1 atom stereocenters. The Balaban J connectivity index is 1.69. The van der Waals surface area contributed by atoms with Gasteiger partial charge in [0, 0.05) is 12.6 Å². The summed E-state index contributed by atoms with van der Waals surface area (Å²) in [5.74, 6) is -0.171. The molecule has 7 nitrogen and oxygen atoms in total. The normalized spacial score (nSPS) is 17.3. The number of hydrogen-bond acceptors (Lipinski definition) is 5. The number of fused-ring (bicyclic) bond motifs is 1. The second-order valence-electron chi connectivity index (χ2n) is 6.61. The number of hydrogen-bond donors (Lipinski definition) is 2. The Morgan fingerprint density at radius 3 is 2.72 bits per heavy atom. The molecule has 7 heteroatoms. The molecule has 25 heavy (non-hydrogen) atoms. The molecule has 2 aromatic rings. The molecule has 1 aliphatic heterocycles. The predicted octanol–water partition coefficient (Wildman–Crippen LogP) is 1.65. The molecule has 1 aliphatic rings. The zero-order valence-corrected chi connectivity index (χ0v) is 14.4. The Hall–Kier alpha value is -2.67. The lowest BCUT2D eigenvalue weighted by molar-refractivity contribution is -0.125. The molecular formula is C18H22N4O3. The topological polar surface area (TPSA) is 101 Å². The van der Waals surface area contributed by atoms with Crippen molar-refractivity contribution in [2.45, 2.75) is 38.8 Å². The summed E-state index contributed by atoms with van der Waals surface area (Å²) in [6.45, 7) is 4.54. The Morgan fingerprint density at radius 2 is 2.08 bits per heavy atom. The second kappa shape index (κ2) is 7.06. The van der Waals surface area contributed by atoms with Crippen molar-refractivity contribution < 1.29 is 14.1 Å². The monoisotopic (exact) mass is 342 g/mol. The minimum absolute atomic E-state index is 0.0552. The molecule has 2 heterocycles. The molecule has 0 aliphatic carbocycles. The summed E-state index contributed by atoms with van der Waals surface area (Å²) < 4.78 is 5.12. The van der Waals surface area contributed by atoms with Gasteiger partial charge < -0.3 is 10.3 Å². The van der Waals surface area contributed by atoms with E-state index in [4.69, 9.17) is 10.3 Å². The number of amides is 2.